The maximum atomic E-state index is 11.9. The lowest BCUT2D eigenvalue weighted by Gasteiger charge is -2.13. The summed E-state index contributed by atoms with van der Waals surface area (Å²) in [5.74, 6) is 1.43. The van der Waals surface area contributed by atoms with Crippen molar-refractivity contribution in [3.63, 3.8) is 0 Å². The van der Waals surface area contributed by atoms with Crippen LogP contribution in [0.15, 0.2) is 18.2 Å². The van der Waals surface area contributed by atoms with Gasteiger partial charge >= 0.3 is 0 Å². The van der Waals surface area contributed by atoms with Crippen LogP contribution in [0.5, 0.6) is 11.5 Å². The number of hydrogen-bond donors (Lipinski definition) is 1. The second-order valence-electron chi connectivity index (χ2n) is 4.89. The molecule has 20 heavy (non-hydrogen) atoms. The number of methoxy groups -OCH3 is 1. The Bertz CT molecular complexity index is 432. The molecule has 1 aromatic rings. The number of hydrogen-bond acceptors (Lipinski definition) is 3. The second-order valence-corrected chi connectivity index (χ2v) is 4.89. The van der Waals surface area contributed by atoms with E-state index in [1.54, 1.807) is 7.11 Å². The zero-order valence-corrected chi connectivity index (χ0v) is 12.9. The zero-order valence-electron chi connectivity index (χ0n) is 12.9. The molecular weight excluding hydrogens is 254 g/mol. The van der Waals surface area contributed by atoms with Gasteiger partial charge in [-0.05, 0) is 37.5 Å². The summed E-state index contributed by atoms with van der Waals surface area (Å²) >= 11 is 0. The van der Waals surface area contributed by atoms with Gasteiger partial charge in [-0.2, -0.15) is 0 Å². The highest BCUT2D eigenvalue weighted by atomic mass is 16.5. The topological polar surface area (TPSA) is 47.6 Å². The van der Waals surface area contributed by atoms with Gasteiger partial charge in [-0.25, -0.2) is 0 Å². The van der Waals surface area contributed by atoms with Gasteiger partial charge in [0.25, 0.3) is 0 Å². The van der Waals surface area contributed by atoms with Crippen LogP contribution in [-0.4, -0.2) is 25.7 Å². The molecule has 1 aromatic carbocycles. The first-order chi connectivity index (χ1) is 9.60. The molecule has 0 bridgehead atoms. The Kier molecular flexibility index (Phi) is 6.91. The highest BCUT2D eigenvalue weighted by Gasteiger charge is 2.10. The van der Waals surface area contributed by atoms with E-state index >= 15 is 0 Å². The van der Waals surface area contributed by atoms with Gasteiger partial charge in [-0.1, -0.05) is 19.9 Å². The first kappa shape index (κ1) is 16.3. The molecule has 0 heterocycles. The summed E-state index contributed by atoms with van der Waals surface area (Å²) in [5.41, 5.74) is 0.923. The molecule has 4 nitrogen and oxygen atoms in total. The minimum atomic E-state index is 0.0311. The fourth-order valence-corrected chi connectivity index (χ4v) is 1.77. The molecule has 0 aliphatic heterocycles. The van der Waals surface area contributed by atoms with Crippen molar-refractivity contribution in [2.75, 3.05) is 13.7 Å². The molecule has 0 aromatic heterocycles. The number of benzene rings is 1. The first-order valence-corrected chi connectivity index (χ1v) is 7.19. The van der Waals surface area contributed by atoms with E-state index in [-0.39, 0.29) is 11.9 Å². The van der Waals surface area contributed by atoms with Crippen molar-refractivity contribution in [1.29, 1.82) is 0 Å². The number of nitrogens with one attached hydrogen (secondary N) is 1. The molecule has 1 atom stereocenters. The third kappa shape index (κ3) is 5.11. The van der Waals surface area contributed by atoms with Crippen molar-refractivity contribution in [2.45, 2.75) is 46.1 Å². The van der Waals surface area contributed by atoms with Crippen LogP contribution in [0.25, 0.3) is 0 Å². The highest BCUT2D eigenvalue weighted by molar-refractivity contribution is 5.79. The van der Waals surface area contributed by atoms with Crippen molar-refractivity contribution in [1.82, 2.24) is 5.32 Å². The van der Waals surface area contributed by atoms with Crippen LogP contribution in [-0.2, 0) is 11.2 Å². The molecule has 4 heteroatoms. The Morgan fingerprint density at radius 3 is 2.65 bits per heavy atom. The lowest BCUT2D eigenvalue weighted by Crippen LogP contribution is -2.33. The monoisotopic (exact) mass is 279 g/mol. The smallest absolute Gasteiger partial charge is 0.224 e. The third-order valence-corrected chi connectivity index (χ3v) is 3.07. The van der Waals surface area contributed by atoms with E-state index in [4.69, 9.17) is 9.47 Å². The van der Waals surface area contributed by atoms with Crippen molar-refractivity contribution in [3.8, 4) is 11.5 Å². The lowest BCUT2D eigenvalue weighted by atomic mass is 10.1. The van der Waals surface area contributed by atoms with Crippen LogP contribution in [0.2, 0.25) is 0 Å². The van der Waals surface area contributed by atoms with E-state index < -0.39 is 0 Å². The van der Waals surface area contributed by atoms with Crippen molar-refractivity contribution >= 4 is 5.91 Å². The van der Waals surface area contributed by atoms with E-state index in [0.29, 0.717) is 18.8 Å². The molecular formula is C16H25NO3. The molecule has 0 radical (unpaired) electrons. The molecule has 1 rings (SSSR count). The molecule has 0 spiro atoms. The van der Waals surface area contributed by atoms with E-state index in [0.717, 1.165) is 24.2 Å². The number of rotatable bonds is 8. The summed E-state index contributed by atoms with van der Waals surface area (Å²) in [6, 6.07) is 5.84. The van der Waals surface area contributed by atoms with E-state index in [1.807, 2.05) is 32.0 Å². The maximum absolute atomic E-state index is 11.9. The van der Waals surface area contributed by atoms with Crippen LogP contribution in [0.4, 0.5) is 0 Å². The van der Waals surface area contributed by atoms with Crippen LogP contribution in [0.1, 0.15) is 39.2 Å². The average Bonchev–Trinajstić information content (AvgIpc) is 2.45. The number of carbonyl (C=O) groups excluding carboxylic acids is 1. The molecule has 1 N–H and O–H groups in total. The minimum Gasteiger partial charge on any atom is -0.493 e. The Morgan fingerprint density at radius 1 is 1.30 bits per heavy atom. The van der Waals surface area contributed by atoms with Crippen LogP contribution in [0.3, 0.4) is 0 Å². The van der Waals surface area contributed by atoms with Crippen LogP contribution >= 0.6 is 0 Å². The molecule has 0 aliphatic rings. The molecule has 1 amide bonds. The number of ether oxygens (including phenoxy) is 2. The van der Waals surface area contributed by atoms with E-state index in [1.165, 1.54) is 0 Å². The van der Waals surface area contributed by atoms with E-state index in [2.05, 4.69) is 12.2 Å². The number of amides is 1. The Balaban J connectivity index is 2.69. The summed E-state index contributed by atoms with van der Waals surface area (Å²) in [7, 11) is 1.61. The maximum Gasteiger partial charge on any atom is 0.224 e. The van der Waals surface area contributed by atoms with Gasteiger partial charge < -0.3 is 14.8 Å². The molecule has 0 saturated heterocycles. The quantitative estimate of drug-likeness (QED) is 0.796. The predicted octanol–water partition coefficient (Wildman–Crippen LogP) is 2.94. The molecule has 0 fully saturated rings. The van der Waals surface area contributed by atoms with Crippen LogP contribution < -0.4 is 14.8 Å². The largest absolute Gasteiger partial charge is 0.493 e. The van der Waals surface area contributed by atoms with Gasteiger partial charge in [0.2, 0.25) is 5.91 Å². The Morgan fingerprint density at radius 2 is 2.05 bits per heavy atom. The van der Waals surface area contributed by atoms with Gasteiger partial charge in [-0.3, -0.25) is 4.79 Å². The van der Waals surface area contributed by atoms with Crippen molar-refractivity contribution < 1.29 is 14.3 Å². The van der Waals surface area contributed by atoms with Crippen LogP contribution in [0, 0.1) is 0 Å². The normalized spacial score (nSPS) is 11.8. The summed E-state index contributed by atoms with van der Waals surface area (Å²) in [6.45, 7) is 6.76. The minimum absolute atomic E-state index is 0.0311. The standard InChI is InChI=1S/C16H25NO3/c1-5-9-20-14-8-7-13(10-15(14)19-4)11-16(18)17-12(3)6-2/h7-8,10,12H,5-6,9,11H2,1-4H3,(H,17,18)/t12-/m1/s1. The lowest BCUT2D eigenvalue weighted by molar-refractivity contribution is -0.121. The van der Waals surface area contributed by atoms with Gasteiger partial charge in [0.1, 0.15) is 0 Å². The summed E-state index contributed by atoms with van der Waals surface area (Å²) in [6.07, 6.45) is 2.23. The second kappa shape index (κ2) is 8.46. The molecule has 0 saturated carbocycles. The zero-order chi connectivity index (χ0) is 15.0. The van der Waals surface area contributed by atoms with Gasteiger partial charge in [0.15, 0.2) is 11.5 Å². The Hall–Kier alpha value is -1.71. The summed E-state index contributed by atoms with van der Waals surface area (Å²) in [4.78, 5) is 11.9. The van der Waals surface area contributed by atoms with E-state index in [9.17, 15) is 4.79 Å². The summed E-state index contributed by atoms with van der Waals surface area (Å²) in [5, 5.41) is 2.95. The predicted molar refractivity (Wildman–Crippen MR) is 80.4 cm³/mol. The molecule has 0 unspecified atom stereocenters. The fraction of sp³-hybridized carbons (Fsp3) is 0.562. The summed E-state index contributed by atoms with van der Waals surface area (Å²) < 4.78 is 10.9. The third-order valence-electron chi connectivity index (χ3n) is 3.07. The Labute approximate surface area is 121 Å². The first-order valence-electron chi connectivity index (χ1n) is 7.19. The molecule has 112 valence electrons. The SMILES string of the molecule is CCCOc1ccc(CC(=O)N[C@H](C)CC)cc1OC. The van der Waals surface area contributed by atoms with Crippen molar-refractivity contribution in [3.05, 3.63) is 23.8 Å². The highest BCUT2D eigenvalue weighted by Crippen LogP contribution is 2.28. The van der Waals surface area contributed by atoms with Gasteiger partial charge in [0.05, 0.1) is 20.1 Å². The molecule has 0 aliphatic carbocycles. The average molecular weight is 279 g/mol. The van der Waals surface area contributed by atoms with Crippen molar-refractivity contribution in [2.24, 2.45) is 0 Å². The fourth-order valence-electron chi connectivity index (χ4n) is 1.77. The number of carbonyl (C=O) groups is 1. The van der Waals surface area contributed by atoms with Gasteiger partial charge in [0, 0.05) is 6.04 Å². The van der Waals surface area contributed by atoms with Gasteiger partial charge in [-0.15, -0.1) is 0 Å².